The third kappa shape index (κ3) is 5.46. The van der Waals surface area contributed by atoms with Crippen molar-refractivity contribution in [3.05, 3.63) is 45.1 Å². The molecule has 8 heteroatoms. The normalized spacial score (nSPS) is 11.0. The zero-order valence-electron chi connectivity index (χ0n) is 15.9. The minimum absolute atomic E-state index is 0.0549. The van der Waals surface area contributed by atoms with Crippen LogP contribution in [0.3, 0.4) is 0 Å². The molecule has 3 aromatic rings. The highest BCUT2D eigenvalue weighted by Crippen LogP contribution is 2.28. The summed E-state index contributed by atoms with van der Waals surface area (Å²) in [5.41, 5.74) is 1.90. The molecule has 3 rings (SSSR count). The Hall–Kier alpha value is -1.64. The van der Waals surface area contributed by atoms with Gasteiger partial charge in [0.2, 0.25) is 5.91 Å². The summed E-state index contributed by atoms with van der Waals surface area (Å²) in [5, 5.41) is 14.6. The third-order valence-corrected chi connectivity index (χ3v) is 6.52. The van der Waals surface area contributed by atoms with Gasteiger partial charge in [-0.15, -0.1) is 21.5 Å². The summed E-state index contributed by atoms with van der Waals surface area (Å²) in [5.74, 6) is 1.12. The van der Waals surface area contributed by atoms with Crippen LogP contribution < -0.4 is 5.32 Å². The monoisotopic (exact) mass is 478 g/mol. The lowest BCUT2D eigenvalue weighted by molar-refractivity contribution is -0.113. The first-order valence-electron chi connectivity index (χ1n) is 9.30. The van der Waals surface area contributed by atoms with Crippen LogP contribution in [0.5, 0.6) is 0 Å². The standard InChI is InChI=1S/C20H23BrN4OS2/c1-3-5-17-11-14(12-27-17)19-23-24-20(25(19)10-4-2)28-13-18(26)22-16-8-6-15(21)7-9-16/h6-9,11-12H,3-5,10,13H2,1-2H3,(H,22,26). The second-order valence-corrected chi connectivity index (χ2v) is 9.21. The zero-order chi connectivity index (χ0) is 19.9. The Morgan fingerprint density at radius 1 is 1.21 bits per heavy atom. The fourth-order valence-corrected chi connectivity index (χ4v) is 4.77. The van der Waals surface area contributed by atoms with Gasteiger partial charge in [-0.2, -0.15) is 0 Å². The smallest absolute Gasteiger partial charge is 0.234 e. The average molecular weight is 479 g/mol. The van der Waals surface area contributed by atoms with Crippen LogP contribution in [0.4, 0.5) is 5.69 Å². The van der Waals surface area contributed by atoms with Crippen LogP contribution in [-0.4, -0.2) is 26.4 Å². The summed E-state index contributed by atoms with van der Waals surface area (Å²) in [6, 6.07) is 9.75. The van der Waals surface area contributed by atoms with Gasteiger partial charge in [0, 0.05) is 32.5 Å². The van der Waals surface area contributed by atoms with E-state index in [2.05, 4.69) is 61.3 Å². The minimum atomic E-state index is -0.0549. The van der Waals surface area contributed by atoms with Crippen molar-refractivity contribution in [2.45, 2.75) is 44.8 Å². The SMILES string of the molecule is CCCc1cc(-c2nnc(SCC(=O)Nc3ccc(Br)cc3)n2CCC)cs1. The second-order valence-electron chi connectivity index (χ2n) is 6.35. The van der Waals surface area contributed by atoms with Crippen molar-refractivity contribution < 1.29 is 4.79 Å². The number of carbonyl (C=O) groups excluding carboxylic acids is 1. The van der Waals surface area contributed by atoms with Gasteiger partial charge in [-0.1, -0.05) is 48.0 Å². The maximum absolute atomic E-state index is 12.3. The fraction of sp³-hybridized carbons (Fsp3) is 0.350. The molecule has 0 aliphatic rings. The number of amides is 1. The minimum Gasteiger partial charge on any atom is -0.325 e. The Morgan fingerprint density at radius 3 is 2.71 bits per heavy atom. The van der Waals surface area contributed by atoms with E-state index in [1.54, 1.807) is 11.3 Å². The fourth-order valence-electron chi connectivity index (χ4n) is 2.77. The van der Waals surface area contributed by atoms with Crippen molar-refractivity contribution in [2.75, 3.05) is 11.1 Å². The maximum atomic E-state index is 12.3. The largest absolute Gasteiger partial charge is 0.325 e. The third-order valence-electron chi connectivity index (χ3n) is 4.03. The molecule has 0 fully saturated rings. The summed E-state index contributed by atoms with van der Waals surface area (Å²) in [7, 11) is 0. The predicted octanol–water partition coefficient (Wildman–Crippen LogP) is 5.86. The van der Waals surface area contributed by atoms with Crippen LogP contribution in [0, 0.1) is 0 Å². The Morgan fingerprint density at radius 2 is 2.00 bits per heavy atom. The first kappa shape index (κ1) is 21.1. The van der Waals surface area contributed by atoms with Crippen LogP contribution in [0.25, 0.3) is 11.4 Å². The van der Waals surface area contributed by atoms with E-state index in [9.17, 15) is 4.79 Å². The molecule has 2 aromatic heterocycles. The van der Waals surface area contributed by atoms with Crippen LogP contribution in [0.1, 0.15) is 31.6 Å². The number of thioether (sulfide) groups is 1. The molecule has 0 aliphatic carbocycles. The molecule has 0 unspecified atom stereocenters. The van der Waals surface area contributed by atoms with Gasteiger partial charge in [-0.3, -0.25) is 4.79 Å². The molecule has 0 atom stereocenters. The molecule has 1 aromatic carbocycles. The van der Waals surface area contributed by atoms with E-state index in [1.165, 1.54) is 16.6 Å². The average Bonchev–Trinajstić information content (AvgIpc) is 3.29. The summed E-state index contributed by atoms with van der Waals surface area (Å²) >= 11 is 6.58. The molecule has 0 radical (unpaired) electrons. The van der Waals surface area contributed by atoms with Crippen molar-refractivity contribution in [2.24, 2.45) is 0 Å². The van der Waals surface area contributed by atoms with Gasteiger partial charge in [0.05, 0.1) is 5.75 Å². The summed E-state index contributed by atoms with van der Waals surface area (Å²) < 4.78 is 3.10. The van der Waals surface area contributed by atoms with Crippen molar-refractivity contribution in [3.63, 3.8) is 0 Å². The second kappa shape index (κ2) is 10.2. The number of halogens is 1. The highest BCUT2D eigenvalue weighted by Gasteiger charge is 2.16. The van der Waals surface area contributed by atoms with Crippen molar-refractivity contribution in [1.82, 2.24) is 14.8 Å². The number of aromatic nitrogens is 3. The molecule has 28 heavy (non-hydrogen) atoms. The number of nitrogens with zero attached hydrogens (tertiary/aromatic N) is 3. The molecule has 0 spiro atoms. The van der Waals surface area contributed by atoms with Crippen LogP contribution in [0.2, 0.25) is 0 Å². The van der Waals surface area contributed by atoms with Gasteiger partial charge in [-0.25, -0.2) is 0 Å². The van der Waals surface area contributed by atoms with E-state index in [4.69, 9.17) is 0 Å². The number of carbonyl (C=O) groups is 1. The first-order chi connectivity index (χ1) is 13.6. The summed E-state index contributed by atoms with van der Waals surface area (Å²) in [6.07, 6.45) is 3.20. The van der Waals surface area contributed by atoms with Gasteiger partial charge in [0.1, 0.15) is 0 Å². The topological polar surface area (TPSA) is 59.8 Å². The summed E-state index contributed by atoms with van der Waals surface area (Å²) in [6.45, 7) is 5.15. The van der Waals surface area contributed by atoms with Crippen molar-refractivity contribution >= 4 is 50.6 Å². The molecular formula is C20H23BrN4OS2. The lowest BCUT2D eigenvalue weighted by atomic mass is 10.2. The molecule has 0 saturated heterocycles. The number of benzene rings is 1. The van der Waals surface area contributed by atoms with Crippen LogP contribution in [0.15, 0.2) is 45.3 Å². The highest BCUT2D eigenvalue weighted by molar-refractivity contribution is 9.10. The van der Waals surface area contributed by atoms with E-state index < -0.39 is 0 Å². The molecule has 2 heterocycles. The van der Waals surface area contributed by atoms with Crippen molar-refractivity contribution in [1.29, 1.82) is 0 Å². The number of thiophene rings is 1. The predicted molar refractivity (Wildman–Crippen MR) is 121 cm³/mol. The van der Waals surface area contributed by atoms with Gasteiger partial charge in [0.25, 0.3) is 0 Å². The zero-order valence-corrected chi connectivity index (χ0v) is 19.2. The maximum Gasteiger partial charge on any atom is 0.234 e. The number of hydrogen-bond donors (Lipinski definition) is 1. The number of hydrogen-bond acceptors (Lipinski definition) is 5. The number of nitrogens with one attached hydrogen (secondary N) is 1. The van der Waals surface area contributed by atoms with E-state index in [-0.39, 0.29) is 5.91 Å². The van der Waals surface area contributed by atoms with Crippen LogP contribution >= 0.6 is 39.0 Å². The Bertz CT molecular complexity index is 921. The molecule has 0 bridgehead atoms. The Balaban J connectivity index is 1.68. The summed E-state index contributed by atoms with van der Waals surface area (Å²) in [4.78, 5) is 13.7. The number of anilines is 1. The van der Waals surface area contributed by atoms with E-state index >= 15 is 0 Å². The Labute approximate surface area is 182 Å². The molecule has 5 nitrogen and oxygen atoms in total. The first-order valence-corrected chi connectivity index (χ1v) is 12.0. The quantitative estimate of drug-likeness (QED) is 0.391. The van der Waals surface area contributed by atoms with Crippen molar-refractivity contribution in [3.8, 4) is 11.4 Å². The van der Waals surface area contributed by atoms with E-state index in [0.29, 0.717) is 5.75 Å². The number of rotatable bonds is 9. The number of aryl methyl sites for hydroxylation is 1. The van der Waals surface area contributed by atoms with E-state index in [0.717, 1.165) is 52.5 Å². The molecule has 0 saturated carbocycles. The van der Waals surface area contributed by atoms with Crippen LogP contribution in [-0.2, 0) is 17.8 Å². The van der Waals surface area contributed by atoms with Gasteiger partial charge in [-0.05, 0) is 43.2 Å². The highest BCUT2D eigenvalue weighted by atomic mass is 79.9. The molecule has 1 N–H and O–H groups in total. The lowest BCUT2D eigenvalue weighted by Crippen LogP contribution is -2.14. The Kier molecular flexibility index (Phi) is 7.70. The molecule has 1 amide bonds. The molecule has 148 valence electrons. The van der Waals surface area contributed by atoms with Gasteiger partial charge < -0.3 is 9.88 Å². The lowest BCUT2D eigenvalue weighted by Gasteiger charge is -2.08. The van der Waals surface area contributed by atoms with Gasteiger partial charge in [0.15, 0.2) is 11.0 Å². The molecular weight excluding hydrogens is 456 g/mol. The van der Waals surface area contributed by atoms with Gasteiger partial charge >= 0.3 is 0 Å². The van der Waals surface area contributed by atoms with E-state index in [1.807, 2.05) is 24.3 Å². The molecule has 0 aliphatic heterocycles.